The molecule has 1 N–H and O–H groups in total. The fourth-order valence-electron chi connectivity index (χ4n) is 0.926. The molecule has 13 heavy (non-hydrogen) atoms. The smallest absolute Gasteiger partial charge is 0.129 e. The summed E-state index contributed by atoms with van der Waals surface area (Å²) in [5, 5.41) is 3.44. The quantitative estimate of drug-likeness (QED) is 0.758. The van der Waals surface area contributed by atoms with Crippen LogP contribution in [-0.4, -0.2) is 17.7 Å². The standard InChI is InChI=1S/C9H12ClFN2/c1-7(11)4-12-5-8-2-3-9(10)13-6-8/h2-3,6-7,12H,4-5H2,1H3. The Kier molecular flexibility index (Phi) is 4.12. The summed E-state index contributed by atoms with van der Waals surface area (Å²) >= 11 is 5.60. The number of nitrogens with one attached hydrogen (secondary N) is 1. The second-order valence-corrected chi connectivity index (χ2v) is 3.29. The van der Waals surface area contributed by atoms with Crippen LogP contribution in [0.1, 0.15) is 12.5 Å². The number of rotatable bonds is 4. The van der Waals surface area contributed by atoms with Crippen LogP contribution in [0.25, 0.3) is 0 Å². The number of aromatic nitrogens is 1. The summed E-state index contributed by atoms with van der Waals surface area (Å²) in [5.74, 6) is 0. The van der Waals surface area contributed by atoms with Crippen LogP contribution < -0.4 is 5.32 Å². The van der Waals surface area contributed by atoms with Gasteiger partial charge in [-0.25, -0.2) is 9.37 Å². The third kappa shape index (κ3) is 4.20. The highest BCUT2D eigenvalue weighted by molar-refractivity contribution is 6.29. The van der Waals surface area contributed by atoms with Gasteiger partial charge in [-0.3, -0.25) is 0 Å². The molecule has 0 radical (unpaired) electrons. The van der Waals surface area contributed by atoms with Gasteiger partial charge in [-0.05, 0) is 18.6 Å². The fourth-order valence-corrected chi connectivity index (χ4v) is 1.04. The fraction of sp³-hybridized carbons (Fsp3) is 0.444. The van der Waals surface area contributed by atoms with E-state index < -0.39 is 6.17 Å². The highest BCUT2D eigenvalue weighted by atomic mass is 35.5. The zero-order chi connectivity index (χ0) is 9.68. The van der Waals surface area contributed by atoms with Crippen molar-refractivity contribution in [2.75, 3.05) is 6.54 Å². The monoisotopic (exact) mass is 202 g/mol. The molecule has 0 spiro atoms. The molecule has 0 saturated carbocycles. The molecule has 0 fully saturated rings. The Morgan fingerprint density at radius 3 is 2.92 bits per heavy atom. The van der Waals surface area contributed by atoms with Gasteiger partial charge in [-0.15, -0.1) is 0 Å². The molecule has 1 heterocycles. The molecule has 0 saturated heterocycles. The van der Waals surface area contributed by atoms with Gasteiger partial charge >= 0.3 is 0 Å². The van der Waals surface area contributed by atoms with Gasteiger partial charge in [-0.1, -0.05) is 17.7 Å². The van der Waals surface area contributed by atoms with E-state index in [4.69, 9.17) is 11.6 Å². The average molecular weight is 203 g/mol. The number of hydrogen-bond donors (Lipinski definition) is 1. The molecule has 4 heteroatoms. The zero-order valence-electron chi connectivity index (χ0n) is 7.43. The Morgan fingerprint density at radius 1 is 1.62 bits per heavy atom. The lowest BCUT2D eigenvalue weighted by Crippen LogP contribution is -2.21. The maximum absolute atomic E-state index is 12.4. The van der Waals surface area contributed by atoms with E-state index in [1.807, 2.05) is 6.07 Å². The van der Waals surface area contributed by atoms with E-state index in [0.29, 0.717) is 18.2 Å². The molecule has 0 aliphatic carbocycles. The van der Waals surface area contributed by atoms with E-state index in [0.717, 1.165) is 5.56 Å². The zero-order valence-corrected chi connectivity index (χ0v) is 8.18. The predicted molar refractivity (Wildman–Crippen MR) is 51.5 cm³/mol. The molecule has 0 aliphatic rings. The topological polar surface area (TPSA) is 24.9 Å². The maximum Gasteiger partial charge on any atom is 0.129 e. The van der Waals surface area contributed by atoms with Crippen LogP contribution in [0.4, 0.5) is 4.39 Å². The van der Waals surface area contributed by atoms with Crippen molar-refractivity contribution < 1.29 is 4.39 Å². The van der Waals surface area contributed by atoms with Gasteiger partial charge in [0.15, 0.2) is 0 Å². The molecule has 0 bridgehead atoms. The van der Waals surface area contributed by atoms with E-state index in [9.17, 15) is 4.39 Å². The number of alkyl halides is 1. The van der Waals surface area contributed by atoms with E-state index in [2.05, 4.69) is 10.3 Å². The van der Waals surface area contributed by atoms with E-state index in [1.54, 1.807) is 12.3 Å². The minimum atomic E-state index is -0.819. The van der Waals surface area contributed by atoms with Crippen molar-refractivity contribution in [3.63, 3.8) is 0 Å². The van der Waals surface area contributed by atoms with Gasteiger partial charge in [0, 0.05) is 19.3 Å². The average Bonchev–Trinajstić information content (AvgIpc) is 2.08. The van der Waals surface area contributed by atoms with E-state index in [-0.39, 0.29) is 0 Å². The van der Waals surface area contributed by atoms with Crippen molar-refractivity contribution in [3.05, 3.63) is 29.0 Å². The van der Waals surface area contributed by atoms with Crippen molar-refractivity contribution in [2.24, 2.45) is 0 Å². The van der Waals surface area contributed by atoms with Crippen LogP contribution in [0.15, 0.2) is 18.3 Å². The molecule has 0 amide bonds. The molecule has 1 unspecified atom stereocenters. The number of pyridine rings is 1. The highest BCUT2D eigenvalue weighted by Gasteiger charge is 1.97. The van der Waals surface area contributed by atoms with Crippen LogP contribution in [0.2, 0.25) is 5.15 Å². The SMILES string of the molecule is CC(F)CNCc1ccc(Cl)nc1. The first kappa shape index (κ1) is 10.4. The Bertz CT molecular complexity index is 248. The maximum atomic E-state index is 12.4. The summed E-state index contributed by atoms with van der Waals surface area (Å²) in [6, 6.07) is 3.59. The van der Waals surface area contributed by atoms with Gasteiger partial charge < -0.3 is 5.32 Å². The van der Waals surface area contributed by atoms with Crippen LogP contribution in [-0.2, 0) is 6.54 Å². The van der Waals surface area contributed by atoms with Crippen molar-refractivity contribution in [1.82, 2.24) is 10.3 Å². The van der Waals surface area contributed by atoms with Gasteiger partial charge in [0.25, 0.3) is 0 Å². The Balaban J connectivity index is 2.33. The Hall–Kier alpha value is -0.670. The summed E-state index contributed by atoms with van der Waals surface area (Å²) in [6.45, 7) is 2.51. The largest absolute Gasteiger partial charge is 0.310 e. The lowest BCUT2D eigenvalue weighted by Gasteiger charge is -2.04. The molecule has 1 aromatic heterocycles. The van der Waals surface area contributed by atoms with Crippen LogP contribution in [0.3, 0.4) is 0 Å². The van der Waals surface area contributed by atoms with E-state index in [1.165, 1.54) is 6.92 Å². The molecule has 2 nitrogen and oxygen atoms in total. The summed E-state index contributed by atoms with van der Waals surface area (Å²) in [7, 11) is 0. The molecule has 72 valence electrons. The van der Waals surface area contributed by atoms with E-state index >= 15 is 0 Å². The summed E-state index contributed by atoms with van der Waals surface area (Å²) in [5.41, 5.74) is 1.00. The second-order valence-electron chi connectivity index (χ2n) is 2.90. The number of halogens is 2. The summed E-state index contributed by atoms with van der Waals surface area (Å²) in [4.78, 5) is 3.91. The summed E-state index contributed by atoms with van der Waals surface area (Å²) in [6.07, 6.45) is 0.860. The normalized spacial score (nSPS) is 12.8. The number of hydrogen-bond acceptors (Lipinski definition) is 2. The first-order chi connectivity index (χ1) is 6.18. The highest BCUT2D eigenvalue weighted by Crippen LogP contribution is 2.04. The third-order valence-corrected chi connectivity index (χ3v) is 1.77. The van der Waals surface area contributed by atoms with Crippen molar-refractivity contribution in [3.8, 4) is 0 Å². The summed E-state index contributed by atoms with van der Waals surface area (Å²) < 4.78 is 12.4. The van der Waals surface area contributed by atoms with Crippen LogP contribution >= 0.6 is 11.6 Å². The van der Waals surface area contributed by atoms with Gasteiger partial charge in [0.05, 0.1) is 0 Å². The predicted octanol–water partition coefficient (Wildman–Crippen LogP) is 2.18. The first-order valence-electron chi connectivity index (χ1n) is 4.13. The van der Waals surface area contributed by atoms with Gasteiger partial charge in [0.2, 0.25) is 0 Å². The molecule has 1 aromatic rings. The van der Waals surface area contributed by atoms with Crippen molar-refractivity contribution in [1.29, 1.82) is 0 Å². The van der Waals surface area contributed by atoms with Crippen molar-refractivity contribution in [2.45, 2.75) is 19.6 Å². The Labute approximate surface area is 82.1 Å². The van der Waals surface area contributed by atoms with Crippen molar-refractivity contribution >= 4 is 11.6 Å². The van der Waals surface area contributed by atoms with Crippen LogP contribution in [0, 0.1) is 0 Å². The second kappa shape index (κ2) is 5.14. The molecule has 0 aromatic carbocycles. The minimum absolute atomic E-state index is 0.364. The first-order valence-corrected chi connectivity index (χ1v) is 4.51. The molecular weight excluding hydrogens is 191 g/mol. The number of nitrogens with zero attached hydrogens (tertiary/aromatic N) is 1. The molecule has 1 rings (SSSR count). The van der Waals surface area contributed by atoms with Crippen LogP contribution in [0.5, 0.6) is 0 Å². The lowest BCUT2D eigenvalue weighted by atomic mass is 10.3. The van der Waals surface area contributed by atoms with Gasteiger partial charge in [0.1, 0.15) is 11.3 Å². The molecule has 1 atom stereocenters. The third-order valence-electron chi connectivity index (χ3n) is 1.54. The molecular formula is C9H12ClFN2. The lowest BCUT2D eigenvalue weighted by molar-refractivity contribution is 0.344. The Morgan fingerprint density at radius 2 is 2.38 bits per heavy atom. The minimum Gasteiger partial charge on any atom is -0.310 e. The van der Waals surface area contributed by atoms with Gasteiger partial charge in [-0.2, -0.15) is 0 Å². The molecule has 0 aliphatic heterocycles.